The third-order valence-corrected chi connectivity index (χ3v) is 5.96. The van der Waals surface area contributed by atoms with E-state index in [4.69, 9.17) is 22.3 Å². The molecule has 1 aliphatic rings. The quantitative estimate of drug-likeness (QED) is 0.729. The molecule has 4 rings (SSSR count). The first-order valence-corrected chi connectivity index (χ1v) is 9.75. The van der Waals surface area contributed by atoms with Gasteiger partial charge in [-0.15, -0.1) is 0 Å². The number of rotatable bonds is 4. The summed E-state index contributed by atoms with van der Waals surface area (Å²) in [5.41, 5.74) is 6.66. The van der Waals surface area contributed by atoms with Gasteiger partial charge in [-0.25, -0.2) is 15.0 Å². The molecule has 0 radical (unpaired) electrons. The van der Waals surface area contributed by atoms with Crippen LogP contribution in [0.3, 0.4) is 0 Å². The molecule has 1 aliphatic heterocycles. The van der Waals surface area contributed by atoms with Crippen molar-refractivity contribution in [3.8, 4) is 11.5 Å². The van der Waals surface area contributed by atoms with Gasteiger partial charge in [-0.1, -0.05) is 25.4 Å². The number of hydrogen-bond donors (Lipinski definition) is 1. The summed E-state index contributed by atoms with van der Waals surface area (Å²) in [6.45, 7) is 5.49. The van der Waals surface area contributed by atoms with Gasteiger partial charge in [0.05, 0.1) is 11.2 Å². The van der Waals surface area contributed by atoms with Crippen molar-refractivity contribution >= 4 is 29.0 Å². The maximum atomic E-state index is 11.9. The number of imidazole rings is 1. The molecule has 4 heterocycles. The predicted molar refractivity (Wildman–Crippen MR) is 109 cm³/mol. The molecule has 1 amide bonds. The van der Waals surface area contributed by atoms with Gasteiger partial charge in [-0.05, 0) is 37.0 Å². The second-order valence-corrected chi connectivity index (χ2v) is 8.26. The molecule has 8 heteroatoms. The minimum absolute atomic E-state index is 0.187. The fourth-order valence-corrected chi connectivity index (χ4v) is 3.90. The summed E-state index contributed by atoms with van der Waals surface area (Å²) >= 11 is 6.14. The van der Waals surface area contributed by atoms with Crippen LogP contribution in [0.25, 0.3) is 17.2 Å². The van der Waals surface area contributed by atoms with Gasteiger partial charge >= 0.3 is 0 Å². The number of carbonyl (C=O) groups is 1. The van der Waals surface area contributed by atoms with Crippen LogP contribution in [0.5, 0.6) is 0 Å². The lowest BCUT2D eigenvalue weighted by atomic mass is 9.74. The summed E-state index contributed by atoms with van der Waals surface area (Å²) in [4.78, 5) is 27.7. The number of piperidine rings is 1. The summed E-state index contributed by atoms with van der Waals surface area (Å²) in [6.07, 6.45) is 7.29. The molecule has 0 aliphatic carbocycles. The van der Waals surface area contributed by atoms with E-state index in [0.717, 1.165) is 43.1 Å². The summed E-state index contributed by atoms with van der Waals surface area (Å²) in [5.74, 6) is 1.35. The number of nitrogens with zero attached hydrogens (tertiary/aromatic N) is 5. The van der Waals surface area contributed by atoms with E-state index in [9.17, 15) is 4.79 Å². The van der Waals surface area contributed by atoms with Crippen molar-refractivity contribution in [1.29, 1.82) is 0 Å². The van der Waals surface area contributed by atoms with Crippen molar-refractivity contribution in [1.82, 2.24) is 19.4 Å². The van der Waals surface area contributed by atoms with Crippen molar-refractivity contribution in [2.75, 3.05) is 18.0 Å². The van der Waals surface area contributed by atoms with Crippen molar-refractivity contribution in [2.24, 2.45) is 17.1 Å². The number of amides is 1. The maximum Gasteiger partial charge on any atom is 0.223 e. The average Bonchev–Trinajstić information content (AvgIpc) is 3.11. The Morgan fingerprint density at radius 3 is 2.89 bits per heavy atom. The Labute approximate surface area is 168 Å². The molecule has 28 heavy (non-hydrogen) atoms. The zero-order chi connectivity index (χ0) is 19.9. The largest absolute Gasteiger partial charge is 0.369 e. The van der Waals surface area contributed by atoms with Gasteiger partial charge in [0.1, 0.15) is 17.2 Å². The first kappa shape index (κ1) is 18.7. The Hall–Kier alpha value is -2.67. The first-order chi connectivity index (χ1) is 13.4. The van der Waals surface area contributed by atoms with E-state index in [1.54, 1.807) is 18.5 Å². The van der Waals surface area contributed by atoms with Crippen LogP contribution in [0.4, 0.5) is 5.82 Å². The number of primary amides is 1. The van der Waals surface area contributed by atoms with E-state index in [1.165, 1.54) is 0 Å². The second-order valence-electron chi connectivity index (χ2n) is 7.83. The normalized spacial score (nSPS) is 17.8. The Morgan fingerprint density at radius 1 is 1.29 bits per heavy atom. The number of hydrogen-bond acceptors (Lipinski definition) is 5. The summed E-state index contributed by atoms with van der Waals surface area (Å²) < 4.78 is 1.89. The van der Waals surface area contributed by atoms with Gasteiger partial charge in [-0.2, -0.15) is 0 Å². The molecule has 1 atom stereocenters. The van der Waals surface area contributed by atoms with Crippen molar-refractivity contribution in [3.05, 3.63) is 41.8 Å². The maximum absolute atomic E-state index is 11.9. The van der Waals surface area contributed by atoms with E-state index >= 15 is 0 Å². The van der Waals surface area contributed by atoms with Gasteiger partial charge in [0, 0.05) is 30.9 Å². The second kappa shape index (κ2) is 7.05. The Morgan fingerprint density at radius 2 is 2.11 bits per heavy atom. The molecule has 1 fully saturated rings. The van der Waals surface area contributed by atoms with Crippen molar-refractivity contribution in [3.63, 3.8) is 0 Å². The number of fused-ring (bicyclic) bond motifs is 1. The Kier molecular flexibility index (Phi) is 4.71. The van der Waals surface area contributed by atoms with Crippen LogP contribution in [-0.2, 0) is 4.79 Å². The topological polar surface area (TPSA) is 89.4 Å². The van der Waals surface area contributed by atoms with E-state index in [1.807, 2.05) is 36.6 Å². The van der Waals surface area contributed by atoms with E-state index in [0.29, 0.717) is 10.8 Å². The summed E-state index contributed by atoms with van der Waals surface area (Å²) in [5, 5.41) is 0.621. The van der Waals surface area contributed by atoms with Crippen LogP contribution in [0.1, 0.15) is 26.7 Å². The highest BCUT2D eigenvalue weighted by Crippen LogP contribution is 2.35. The number of halogens is 1. The van der Waals surface area contributed by atoms with Crippen LogP contribution in [0, 0.1) is 11.3 Å². The highest BCUT2D eigenvalue weighted by molar-refractivity contribution is 6.30. The van der Waals surface area contributed by atoms with Crippen LogP contribution in [-0.4, -0.2) is 38.3 Å². The fraction of sp³-hybridized carbons (Fsp3) is 0.400. The Balaban J connectivity index is 1.65. The molecular formula is C20H23ClN6O. The van der Waals surface area contributed by atoms with Crippen molar-refractivity contribution in [2.45, 2.75) is 26.7 Å². The van der Waals surface area contributed by atoms with Crippen LogP contribution < -0.4 is 10.6 Å². The van der Waals surface area contributed by atoms with E-state index in [2.05, 4.69) is 14.9 Å². The minimum atomic E-state index is -0.549. The van der Waals surface area contributed by atoms with Gasteiger partial charge < -0.3 is 10.6 Å². The number of nitrogens with two attached hydrogens (primary N) is 1. The molecule has 0 spiro atoms. The van der Waals surface area contributed by atoms with Crippen molar-refractivity contribution < 1.29 is 4.79 Å². The Bertz CT molecular complexity index is 1030. The lowest BCUT2D eigenvalue weighted by molar-refractivity contribution is -0.128. The van der Waals surface area contributed by atoms with Gasteiger partial charge in [0.25, 0.3) is 0 Å². The highest BCUT2D eigenvalue weighted by Gasteiger charge is 2.38. The average molecular weight is 399 g/mol. The van der Waals surface area contributed by atoms with Crippen LogP contribution in [0.15, 0.2) is 36.8 Å². The molecule has 1 unspecified atom stereocenters. The number of carbonyl (C=O) groups excluding carboxylic acids is 1. The van der Waals surface area contributed by atoms with Gasteiger partial charge in [0.2, 0.25) is 5.91 Å². The third-order valence-electron chi connectivity index (χ3n) is 5.74. The smallest absolute Gasteiger partial charge is 0.223 e. The molecule has 3 aromatic rings. The molecule has 2 N–H and O–H groups in total. The molecule has 1 saturated heterocycles. The SMILES string of the molecule is CC(C)(C(N)=O)C1CCCN(c2ccnc(-c3cnc4ccc(Cl)cn34)n2)C1. The lowest BCUT2D eigenvalue weighted by Crippen LogP contribution is -2.47. The lowest BCUT2D eigenvalue weighted by Gasteiger charge is -2.40. The predicted octanol–water partition coefficient (Wildman–Crippen LogP) is 3.17. The standard InChI is InChI=1S/C20H23ClN6O/c1-20(2,19(22)28)13-4-3-9-26(11-13)17-7-8-23-18(25-17)15-10-24-16-6-5-14(21)12-27(15)16/h5-8,10,12-13H,3-4,9,11H2,1-2H3,(H2,22,28). The molecule has 7 nitrogen and oxygen atoms in total. The number of aromatic nitrogens is 4. The van der Waals surface area contributed by atoms with Gasteiger partial charge in [0.15, 0.2) is 5.82 Å². The summed E-state index contributed by atoms with van der Waals surface area (Å²) in [7, 11) is 0. The minimum Gasteiger partial charge on any atom is -0.369 e. The van der Waals surface area contributed by atoms with E-state index < -0.39 is 5.41 Å². The van der Waals surface area contributed by atoms with Crippen LogP contribution in [0.2, 0.25) is 5.02 Å². The summed E-state index contributed by atoms with van der Waals surface area (Å²) in [6, 6.07) is 5.56. The molecule has 146 valence electrons. The zero-order valence-electron chi connectivity index (χ0n) is 16.0. The third kappa shape index (κ3) is 3.30. The fourth-order valence-electron chi connectivity index (χ4n) is 3.74. The zero-order valence-corrected chi connectivity index (χ0v) is 16.7. The monoisotopic (exact) mass is 398 g/mol. The molecule has 3 aromatic heterocycles. The number of anilines is 1. The van der Waals surface area contributed by atoms with E-state index in [-0.39, 0.29) is 11.8 Å². The molecule has 0 bridgehead atoms. The number of pyridine rings is 1. The first-order valence-electron chi connectivity index (χ1n) is 9.37. The van der Waals surface area contributed by atoms with Gasteiger partial charge in [-0.3, -0.25) is 9.20 Å². The molecular weight excluding hydrogens is 376 g/mol. The molecule has 0 saturated carbocycles. The highest BCUT2D eigenvalue weighted by atomic mass is 35.5. The van der Waals surface area contributed by atoms with Crippen LogP contribution >= 0.6 is 11.6 Å². The molecule has 0 aromatic carbocycles.